The minimum absolute atomic E-state index is 0.310. The summed E-state index contributed by atoms with van der Waals surface area (Å²) >= 11 is 0. The molecule has 1 rings (SSSR count). The number of hydrogen-bond donors (Lipinski definition) is 0. The van der Waals surface area contributed by atoms with Crippen molar-refractivity contribution in [3.05, 3.63) is 24.0 Å². The van der Waals surface area contributed by atoms with E-state index in [0.717, 1.165) is 0 Å². The first-order chi connectivity index (χ1) is 5.20. The minimum Gasteiger partial charge on any atom is -0.373 e. The Balaban J connectivity index is 2.44. The highest BCUT2D eigenvalue weighted by molar-refractivity contribution is 5.04. The van der Waals surface area contributed by atoms with Crippen LogP contribution in [0.1, 0.15) is 19.5 Å². The first kappa shape index (κ1) is 8.34. The molecule has 1 aromatic rings. The van der Waals surface area contributed by atoms with Crippen LogP contribution in [0.3, 0.4) is 0 Å². The lowest BCUT2D eigenvalue weighted by Crippen LogP contribution is -2.04. The molecular weight excluding hydrogens is 138 g/mol. The van der Waals surface area contributed by atoms with Crippen molar-refractivity contribution in [2.45, 2.75) is 26.6 Å². The third kappa shape index (κ3) is 2.39. The SMILES string of the molecule is CC(C)OCc1cccn1C. The molecular formula is C9H15NO. The summed E-state index contributed by atoms with van der Waals surface area (Å²) in [5.74, 6) is 0. The van der Waals surface area contributed by atoms with E-state index in [1.807, 2.05) is 33.2 Å². The van der Waals surface area contributed by atoms with Gasteiger partial charge in [0.25, 0.3) is 0 Å². The van der Waals surface area contributed by atoms with E-state index in [4.69, 9.17) is 4.74 Å². The van der Waals surface area contributed by atoms with Gasteiger partial charge < -0.3 is 9.30 Å². The molecule has 1 heterocycles. The lowest BCUT2D eigenvalue weighted by molar-refractivity contribution is 0.0622. The summed E-state index contributed by atoms with van der Waals surface area (Å²) in [5.41, 5.74) is 1.22. The summed E-state index contributed by atoms with van der Waals surface area (Å²) in [7, 11) is 2.03. The van der Waals surface area contributed by atoms with Crippen molar-refractivity contribution in [1.82, 2.24) is 4.57 Å². The van der Waals surface area contributed by atoms with Gasteiger partial charge >= 0.3 is 0 Å². The van der Waals surface area contributed by atoms with E-state index in [-0.39, 0.29) is 0 Å². The highest BCUT2D eigenvalue weighted by atomic mass is 16.5. The normalized spacial score (nSPS) is 10.9. The third-order valence-corrected chi connectivity index (χ3v) is 1.62. The fraction of sp³-hybridized carbons (Fsp3) is 0.556. The Hall–Kier alpha value is -0.760. The molecule has 0 amide bonds. The van der Waals surface area contributed by atoms with Crippen molar-refractivity contribution in [1.29, 1.82) is 0 Å². The largest absolute Gasteiger partial charge is 0.373 e. The predicted octanol–water partition coefficient (Wildman–Crippen LogP) is 1.95. The van der Waals surface area contributed by atoms with E-state index in [1.54, 1.807) is 0 Å². The average Bonchev–Trinajstić information content (AvgIpc) is 2.31. The molecule has 0 aromatic carbocycles. The van der Waals surface area contributed by atoms with Crippen LogP contribution in [0, 0.1) is 0 Å². The Bertz CT molecular complexity index is 215. The molecule has 0 aliphatic heterocycles. The van der Waals surface area contributed by atoms with Gasteiger partial charge in [0.05, 0.1) is 12.7 Å². The van der Waals surface area contributed by atoms with E-state index in [0.29, 0.717) is 12.7 Å². The standard InChI is InChI=1S/C9H15NO/c1-8(2)11-7-9-5-4-6-10(9)3/h4-6,8H,7H2,1-3H3. The van der Waals surface area contributed by atoms with Gasteiger partial charge in [-0.15, -0.1) is 0 Å². The molecule has 2 heteroatoms. The van der Waals surface area contributed by atoms with Gasteiger partial charge in [-0.25, -0.2) is 0 Å². The van der Waals surface area contributed by atoms with Crippen LogP contribution in [0.4, 0.5) is 0 Å². The molecule has 0 aliphatic carbocycles. The van der Waals surface area contributed by atoms with Crippen LogP contribution in [-0.4, -0.2) is 10.7 Å². The molecule has 0 spiro atoms. The molecule has 0 fully saturated rings. The second kappa shape index (κ2) is 3.58. The second-order valence-electron chi connectivity index (χ2n) is 2.97. The zero-order chi connectivity index (χ0) is 8.27. The molecule has 0 atom stereocenters. The van der Waals surface area contributed by atoms with Gasteiger partial charge in [-0.05, 0) is 26.0 Å². The Morgan fingerprint density at radius 2 is 2.27 bits per heavy atom. The summed E-state index contributed by atoms with van der Waals surface area (Å²) in [6.45, 7) is 4.80. The monoisotopic (exact) mass is 153 g/mol. The van der Waals surface area contributed by atoms with Gasteiger partial charge in [-0.3, -0.25) is 0 Å². The molecule has 0 unspecified atom stereocenters. The fourth-order valence-electron chi connectivity index (χ4n) is 0.898. The van der Waals surface area contributed by atoms with E-state index in [1.165, 1.54) is 5.69 Å². The van der Waals surface area contributed by atoms with Gasteiger partial charge in [-0.2, -0.15) is 0 Å². The molecule has 1 aromatic heterocycles. The molecule has 0 aliphatic rings. The summed E-state index contributed by atoms with van der Waals surface area (Å²) in [6.07, 6.45) is 2.34. The van der Waals surface area contributed by atoms with Crippen LogP contribution < -0.4 is 0 Å². The Morgan fingerprint density at radius 1 is 1.55 bits per heavy atom. The number of aryl methyl sites for hydroxylation is 1. The van der Waals surface area contributed by atoms with Crippen LogP contribution >= 0.6 is 0 Å². The van der Waals surface area contributed by atoms with Crippen molar-refractivity contribution < 1.29 is 4.74 Å². The first-order valence-electron chi connectivity index (χ1n) is 3.92. The van der Waals surface area contributed by atoms with Gasteiger partial charge in [-0.1, -0.05) is 0 Å². The highest BCUT2D eigenvalue weighted by Gasteiger charge is 1.97. The quantitative estimate of drug-likeness (QED) is 0.647. The van der Waals surface area contributed by atoms with Crippen molar-refractivity contribution in [3.63, 3.8) is 0 Å². The lowest BCUT2D eigenvalue weighted by Gasteiger charge is -2.07. The van der Waals surface area contributed by atoms with Gasteiger partial charge in [0.2, 0.25) is 0 Å². The topological polar surface area (TPSA) is 14.2 Å². The zero-order valence-electron chi connectivity index (χ0n) is 7.37. The maximum absolute atomic E-state index is 5.45. The number of ether oxygens (including phenoxy) is 1. The Kier molecular flexibility index (Phi) is 2.71. The maximum Gasteiger partial charge on any atom is 0.0871 e. The van der Waals surface area contributed by atoms with Crippen LogP contribution in [0.25, 0.3) is 0 Å². The lowest BCUT2D eigenvalue weighted by atomic mass is 10.4. The smallest absolute Gasteiger partial charge is 0.0871 e. The molecule has 0 N–H and O–H groups in total. The molecule has 0 bridgehead atoms. The third-order valence-electron chi connectivity index (χ3n) is 1.62. The second-order valence-corrected chi connectivity index (χ2v) is 2.97. The fourth-order valence-corrected chi connectivity index (χ4v) is 0.898. The molecule has 11 heavy (non-hydrogen) atoms. The van der Waals surface area contributed by atoms with Crippen LogP contribution in [0.2, 0.25) is 0 Å². The maximum atomic E-state index is 5.45. The highest BCUT2D eigenvalue weighted by Crippen LogP contribution is 2.02. The van der Waals surface area contributed by atoms with Crippen molar-refractivity contribution in [2.24, 2.45) is 7.05 Å². The Labute approximate surface area is 67.8 Å². The first-order valence-corrected chi connectivity index (χ1v) is 3.92. The molecule has 0 radical (unpaired) electrons. The minimum atomic E-state index is 0.310. The average molecular weight is 153 g/mol. The van der Waals surface area contributed by atoms with E-state index >= 15 is 0 Å². The number of aromatic nitrogens is 1. The number of rotatable bonds is 3. The summed E-state index contributed by atoms with van der Waals surface area (Å²) in [6, 6.07) is 4.10. The number of hydrogen-bond acceptors (Lipinski definition) is 1. The van der Waals surface area contributed by atoms with E-state index in [9.17, 15) is 0 Å². The van der Waals surface area contributed by atoms with E-state index in [2.05, 4.69) is 10.6 Å². The Morgan fingerprint density at radius 3 is 2.73 bits per heavy atom. The summed E-state index contributed by atoms with van der Waals surface area (Å²) < 4.78 is 7.52. The van der Waals surface area contributed by atoms with Gasteiger partial charge in [0, 0.05) is 18.9 Å². The van der Waals surface area contributed by atoms with Crippen LogP contribution in [0.15, 0.2) is 18.3 Å². The molecule has 62 valence electrons. The van der Waals surface area contributed by atoms with Gasteiger partial charge in [0.15, 0.2) is 0 Å². The van der Waals surface area contributed by atoms with Crippen molar-refractivity contribution in [2.75, 3.05) is 0 Å². The summed E-state index contributed by atoms with van der Waals surface area (Å²) in [5, 5.41) is 0. The van der Waals surface area contributed by atoms with Crippen LogP contribution in [-0.2, 0) is 18.4 Å². The van der Waals surface area contributed by atoms with Crippen molar-refractivity contribution in [3.8, 4) is 0 Å². The zero-order valence-corrected chi connectivity index (χ0v) is 7.37. The number of nitrogens with zero attached hydrogens (tertiary/aromatic N) is 1. The van der Waals surface area contributed by atoms with E-state index < -0.39 is 0 Å². The summed E-state index contributed by atoms with van der Waals surface area (Å²) in [4.78, 5) is 0. The van der Waals surface area contributed by atoms with Crippen LogP contribution in [0.5, 0.6) is 0 Å². The van der Waals surface area contributed by atoms with Gasteiger partial charge in [0.1, 0.15) is 0 Å². The van der Waals surface area contributed by atoms with Crippen molar-refractivity contribution >= 4 is 0 Å². The predicted molar refractivity (Wildman–Crippen MR) is 45.3 cm³/mol. The molecule has 0 saturated carbocycles. The molecule has 0 saturated heterocycles. The molecule has 2 nitrogen and oxygen atoms in total.